The van der Waals surface area contributed by atoms with E-state index in [1.807, 2.05) is 0 Å². The van der Waals surface area contributed by atoms with Crippen LogP contribution in [0.4, 0.5) is 0 Å². The molecule has 1 aliphatic heterocycles. The lowest BCUT2D eigenvalue weighted by molar-refractivity contribution is 0.255. The predicted octanol–water partition coefficient (Wildman–Crippen LogP) is 2.91. The van der Waals surface area contributed by atoms with Crippen molar-refractivity contribution < 1.29 is 0 Å². The third-order valence-electron chi connectivity index (χ3n) is 4.79. The minimum Gasteiger partial charge on any atom is -0.292 e. The fourth-order valence-electron chi connectivity index (χ4n) is 3.30. The molecule has 23 heavy (non-hydrogen) atoms. The zero-order chi connectivity index (χ0) is 16.0. The molecular weight excluding hydrogens is 294 g/mol. The number of nitrogens with zero attached hydrogens (tertiary/aromatic N) is 1. The van der Waals surface area contributed by atoms with E-state index in [2.05, 4.69) is 83.6 Å². The van der Waals surface area contributed by atoms with Crippen LogP contribution in [0.25, 0.3) is 0 Å². The summed E-state index contributed by atoms with van der Waals surface area (Å²) in [7, 11) is -1.97. The molecule has 3 rings (SSSR count). The molecule has 118 valence electrons. The molecule has 0 atom stereocenters. The molecule has 2 aromatic carbocycles. The Balaban J connectivity index is 1.87. The van der Waals surface area contributed by atoms with Gasteiger partial charge in [-0.05, 0) is 36.3 Å². The van der Waals surface area contributed by atoms with Gasteiger partial charge >= 0.3 is 0 Å². The van der Waals surface area contributed by atoms with E-state index < -0.39 is 8.07 Å². The summed E-state index contributed by atoms with van der Waals surface area (Å²) in [5.41, 5.74) is 3.72. The molecule has 1 fully saturated rings. The van der Waals surface area contributed by atoms with E-state index in [0.717, 1.165) is 6.54 Å². The van der Waals surface area contributed by atoms with Crippen molar-refractivity contribution in [1.82, 2.24) is 4.90 Å². The molecule has 0 radical (unpaired) electrons. The maximum Gasteiger partial charge on any atom is 0.196 e. The largest absolute Gasteiger partial charge is 0.292 e. The van der Waals surface area contributed by atoms with Crippen molar-refractivity contribution in [3.63, 3.8) is 0 Å². The average molecular weight is 320 g/mol. The van der Waals surface area contributed by atoms with Crippen LogP contribution < -0.4 is 10.4 Å². The molecule has 0 N–H and O–H groups in total. The van der Waals surface area contributed by atoms with Crippen molar-refractivity contribution in [2.24, 2.45) is 0 Å². The Hall–Kier alpha value is -1.82. The van der Waals surface area contributed by atoms with Gasteiger partial charge in [0.1, 0.15) is 0 Å². The molecule has 1 aliphatic rings. The van der Waals surface area contributed by atoms with Gasteiger partial charge in [-0.2, -0.15) is 0 Å². The van der Waals surface area contributed by atoms with E-state index in [1.54, 1.807) is 0 Å². The molecule has 0 aliphatic carbocycles. The minimum atomic E-state index is -1.97. The van der Waals surface area contributed by atoms with Gasteiger partial charge < -0.3 is 0 Å². The molecule has 1 saturated heterocycles. The van der Waals surface area contributed by atoms with Crippen LogP contribution in [0, 0.1) is 11.5 Å². The van der Waals surface area contributed by atoms with Gasteiger partial charge in [0, 0.05) is 0 Å². The molecule has 0 unspecified atom stereocenters. The van der Waals surface area contributed by atoms with Crippen LogP contribution in [0.1, 0.15) is 19.3 Å². The Kier molecular flexibility index (Phi) is 5.33. The summed E-state index contributed by atoms with van der Waals surface area (Å²) < 4.78 is 0. The van der Waals surface area contributed by atoms with E-state index in [4.69, 9.17) is 0 Å². The van der Waals surface area contributed by atoms with E-state index in [9.17, 15) is 0 Å². The molecule has 1 heterocycles. The van der Waals surface area contributed by atoms with Gasteiger partial charge in [-0.3, -0.25) is 4.90 Å². The maximum absolute atomic E-state index is 3.72. The third kappa shape index (κ3) is 3.93. The van der Waals surface area contributed by atoms with Gasteiger partial charge in [-0.15, -0.1) is 5.54 Å². The van der Waals surface area contributed by atoms with Crippen LogP contribution in [0.2, 0.25) is 6.55 Å². The first-order valence-corrected chi connectivity index (χ1v) is 11.1. The lowest BCUT2D eigenvalue weighted by atomic mass is 10.1. The number of rotatable bonds is 3. The highest BCUT2D eigenvalue weighted by atomic mass is 28.3. The SMILES string of the molecule is C[Si](C#CCN1CCCCC1)(c1ccccc1)c1ccccc1. The number of piperidine rings is 1. The van der Waals surface area contributed by atoms with Gasteiger partial charge in [0.25, 0.3) is 0 Å². The van der Waals surface area contributed by atoms with Crippen molar-refractivity contribution in [2.75, 3.05) is 19.6 Å². The van der Waals surface area contributed by atoms with Crippen LogP contribution in [-0.2, 0) is 0 Å². The van der Waals surface area contributed by atoms with Crippen LogP contribution >= 0.6 is 0 Å². The Morgan fingerprint density at radius 2 is 1.35 bits per heavy atom. The summed E-state index contributed by atoms with van der Waals surface area (Å²) in [4.78, 5) is 2.50. The first kappa shape index (κ1) is 16.0. The second kappa shape index (κ2) is 7.63. The van der Waals surface area contributed by atoms with Gasteiger partial charge in [0.2, 0.25) is 0 Å². The van der Waals surface area contributed by atoms with Crippen LogP contribution in [-0.4, -0.2) is 32.6 Å². The monoisotopic (exact) mass is 319 g/mol. The topological polar surface area (TPSA) is 3.24 Å². The molecule has 0 bridgehead atoms. The zero-order valence-corrected chi connectivity index (χ0v) is 15.0. The molecule has 0 amide bonds. The Labute approximate surface area is 141 Å². The summed E-state index contributed by atoms with van der Waals surface area (Å²) in [5, 5.41) is 2.80. The second-order valence-electron chi connectivity index (χ2n) is 6.50. The number of likely N-dealkylation sites (tertiary alicyclic amines) is 1. The highest BCUT2D eigenvalue weighted by molar-refractivity contribution is 7.07. The van der Waals surface area contributed by atoms with E-state index in [0.29, 0.717) is 0 Å². The van der Waals surface area contributed by atoms with Crippen LogP contribution in [0.3, 0.4) is 0 Å². The Bertz CT molecular complexity index is 624. The standard InChI is InChI=1S/C21H25NSi/c1-23(20-12-5-2-6-13-20,21-14-7-3-8-15-21)19-11-18-22-16-9-4-10-17-22/h2-3,5-8,12-15H,4,9-10,16-18H2,1H3. The van der Waals surface area contributed by atoms with Crippen molar-refractivity contribution in [2.45, 2.75) is 25.8 Å². The van der Waals surface area contributed by atoms with Crippen molar-refractivity contribution >= 4 is 18.4 Å². The zero-order valence-electron chi connectivity index (χ0n) is 14.0. The van der Waals surface area contributed by atoms with Crippen molar-refractivity contribution in [1.29, 1.82) is 0 Å². The fourth-order valence-corrected chi connectivity index (χ4v) is 6.07. The molecule has 0 saturated carbocycles. The second-order valence-corrected chi connectivity index (χ2v) is 10.2. The number of hydrogen-bond acceptors (Lipinski definition) is 1. The highest BCUT2D eigenvalue weighted by Gasteiger charge is 2.29. The summed E-state index contributed by atoms with van der Waals surface area (Å²) in [6.07, 6.45) is 4.03. The quantitative estimate of drug-likeness (QED) is 0.621. The Morgan fingerprint density at radius 3 is 1.87 bits per heavy atom. The molecule has 0 aromatic heterocycles. The minimum absolute atomic E-state index is 0.919. The van der Waals surface area contributed by atoms with E-state index >= 15 is 0 Å². The first-order valence-electron chi connectivity index (χ1n) is 8.62. The van der Waals surface area contributed by atoms with Crippen molar-refractivity contribution in [3.8, 4) is 11.5 Å². The highest BCUT2D eigenvalue weighted by Crippen LogP contribution is 2.08. The summed E-state index contributed by atoms with van der Waals surface area (Å²) in [6.45, 7) is 5.72. The molecule has 0 spiro atoms. The summed E-state index contributed by atoms with van der Waals surface area (Å²) >= 11 is 0. The molecule has 2 aromatic rings. The lowest BCUT2D eigenvalue weighted by Crippen LogP contribution is -2.55. The molecule has 1 nitrogen and oxygen atoms in total. The number of hydrogen-bond donors (Lipinski definition) is 0. The predicted molar refractivity (Wildman–Crippen MR) is 102 cm³/mol. The van der Waals surface area contributed by atoms with Gasteiger partial charge in [0.05, 0.1) is 6.54 Å². The fraction of sp³-hybridized carbons (Fsp3) is 0.333. The van der Waals surface area contributed by atoms with Crippen molar-refractivity contribution in [3.05, 3.63) is 60.7 Å². The first-order chi connectivity index (χ1) is 11.3. The third-order valence-corrected chi connectivity index (χ3v) is 8.44. The van der Waals surface area contributed by atoms with E-state index in [1.165, 1.54) is 42.7 Å². The molecule has 2 heteroatoms. The summed E-state index contributed by atoms with van der Waals surface area (Å²) in [6, 6.07) is 21.7. The number of benzene rings is 2. The average Bonchev–Trinajstić information content (AvgIpc) is 2.64. The maximum atomic E-state index is 3.72. The normalized spacial score (nSPS) is 15.7. The van der Waals surface area contributed by atoms with Crippen LogP contribution in [0.15, 0.2) is 60.7 Å². The smallest absolute Gasteiger partial charge is 0.196 e. The summed E-state index contributed by atoms with van der Waals surface area (Å²) in [5.74, 6) is 3.53. The van der Waals surface area contributed by atoms with Crippen LogP contribution in [0.5, 0.6) is 0 Å². The van der Waals surface area contributed by atoms with Gasteiger partial charge in [0.15, 0.2) is 8.07 Å². The Morgan fingerprint density at radius 1 is 0.826 bits per heavy atom. The van der Waals surface area contributed by atoms with E-state index in [-0.39, 0.29) is 0 Å². The lowest BCUT2D eigenvalue weighted by Gasteiger charge is -2.25. The van der Waals surface area contributed by atoms with Gasteiger partial charge in [-0.1, -0.05) is 79.6 Å². The molecular formula is C21H25NSi. The van der Waals surface area contributed by atoms with Gasteiger partial charge in [-0.25, -0.2) is 0 Å².